The third-order valence-electron chi connectivity index (χ3n) is 4.92. The number of hydrogen-bond donors (Lipinski definition) is 2. The molecule has 20 heavy (non-hydrogen) atoms. The maximum absolute atomic E-state index is 12.7. The molecule has 1 saturated carbocycles. The van der Waals surface area contributed by atoms with Crippen molar-refractivity contribution in [3.05, 3.63) is 0 Å². The van der Waals surface area contributed by atoms with E-state index in [1.54, 1.807) is 0 Å². The lowest BCUT2D eigenvalue weighted by atomic mass is 9.78. The Morgan fingerprint density at radius 1 is 1.15 bits per heavy atom. The third-order valence-corrected chi connectivity index (χ3v) is 4.92. The molecule has 3 nitrogen and oxygen atoms in total. The fourth-order valence-corrected chi connectivity index (χ4v) is 3.58. The largest absolute Gasteiger partial charge is 0.353 e. The summed E-state index contributed by atoms with van der Waals surface area (Å²) in [5, 5.41) is 3.32. The van der Waals surface area contributed by atoms with Crippen molar-refractivity contribution in [3.63, 3.8) is 0 Å². The van der Waals surface area contributed by atoms with Gasteiger partial charge in [0.1, 0.15) is 0 Å². The second-order valence-corrected chi connectivity index (χ2v) is 6.77. The van der Waals surface area contributed by atoms with Gasteiger partial charge in [-0.25, -0.2) is 0 Å². The average molecular weight is 282 g/mol. The molecular formula is C17H34N2O. The van der Waals surface area contributed by atoms with Crippen LogP contribution in [0.2, 0.25) is 0 Å². The summed E-state index contributed by atoms with van der Waals surface area (Å²) < 4.78 is 0. The van der Waals surface area contributed by atoms with Gasteiger partial charge in [0.25, 0.3) is 0 Å². The Morgan fingerprint density at radius 3 is 2.35 bits per heavy atom. The Balaban J connectivity index is 2.64. The monoisotopic (exact) mass is 282 g/mol. The fraction of sp³-hybridized carbons (Fsp3) is 0.941. The molecule has 1 rings (SSSR count). The van der Waals surface area contributed by atoms with E-state index in [9.17, 15) is 4.79 Å². The van der Waals surface area contributed by atoms with Crippen LogP contribution >= 0.6 is 0 Å². The van der Waals surface area contributed by atoms with Crippen LogP contribution in [0.1, 0.15) is 78.6 Å². The van der Waals surface area contributed by atoms with E-state index in [4.69, 9.17) is 5.73 Å². The first-order chi connectivity index (χ1) is 9.57. The number of hydrogen-bond acceptors (Lipinski definition) is 2. The second kappa shape index (κ2) is 8.66. The van der Waals surface area contributed by atoms with Crippen molar-refractivity contribution < 1.29 is 4.79 Å². The summed E-state index contributed by atoms with van der Waals surface area (Å²) in [7, 11) is 0. The van der Waals surface area contributed by atoms with Gasteiger partial charge in [0.05, 0.1) is 5.41 Å². The van der Waals surface area contributed by atoms with Crippen molar-refractivity contribution in [2.75, 3.05) is 6.54 Å². The maximum Gasteiger partial charge on any atom is 0.227 e. The van der Waals surface area contributed by atoms with E-state index in [0.717, 1.165) is 44.4 Å². The molecule has 118 valence electrons. The highest BCUT2D eigenvalue weighted by atomic mass is 16.2. The molecule has 1 aliphatic carbocycles. The van der Waals surface area contributed by atoms with Crippen LogP contribution in [-0.2, 0) is 4.79 Å². The third kappa shape index (κ3) is 4.76. The van der Waals surface area contributed by atoms with Gasteiger partial charge >= 0.3 is 0 Å². The highest BCUT2D eigenvalue weighted by Crippen LogP contribution is 2.30. The van der Waals surface area contributed by atoms with Gasteiger partial charge in [-0.05, 0) is 38.0 Å². The minimum Gasteiger partial charge on any atom is -0.353 e. The molecule has 1 fully saturated rings. The number of rotatable bonds is 7. The lowest BCUT2D eigenvalue weighted by Crippen LogP contribution is -2.49. The van der Waals surface area contributed by atoms with E-state index in [1.165, 1.54) is 19.3 Å². The molecule has 0 aromatic carbocycles. The van der Waals surface area contributed by atoms with Crippen LogP contribution in [0.3, 0.4) is 0 Å². The Labute approximate surface area is 125 Å². The molecular weight excluding hydrogens is 248 g/mol. The fourth-order valence-electron chi connectivity index (χ4n) is 3.58. The number of carbonyl (C=O) groups excluding carboxylic acids is 1. The highest BCUT2D eigenvalue weighted by molar-refractivity contribution is 5.83. The van der Waals surface area contributed by atoms with Crippen LogP contribution in [0.25, 0.3) is 0 Å². The summed E-state index contributed by atoms with van der Waals surface area (Å²) in [5.74, 6) is 1.02. The highest BCUT2D eigenvalue weighted by Gasteiger charge is 2.36. The van der Waals surface area contributed by atoms with Crippen molar-refractivity contribution in [2.24, 2.45) is 17.1 Å². The van der Waals surface area contributed by atoms with Crippen molar-refractivity contribution in [2.45, 2.75) is 84.6 Å². The predicted octanol–water partition coefficient (Wildman–Crippen LogP) is 3.62. The van der Waals surface area contributed by atoms with Crippen molar-refractivity contribution >= 4 is 5.91 Å². The summed E-state index contributed by atoms with van der Waals surface area (Å²) in [6.07, 6.45) is 9.90. The van der Waals surface area contributed by atoms with Gasteiger partial charge in [-0.1, -0.05) is 46.5 Å². The number of nitrogens with two attached hydrogens (primary N) is 1. The molecule has 1 aliphatic rings. The van der Waals surface area contributed by atoms with Gasteiger partial charge in [0, 0.05) is 12.6 Å². The molecule has 0 bridgehead atoms. The summed E-state index contributed by atoms with van der Waals surface area (Å²) in [6.45, 7) is 7.08. The number of amides is 1. The molecule has 0 spiro atoms. The molecule has 0 heterocycles. The molecule has 2 atom stereocenters. The summed E-state index contributed by atoms with van der Waals surface area (Å²) >= 11 is 0. The van der Waals surface area contributed by atoms with Gasteiger partial charge in [-0.15, -0.1) is 0 Å². The quantitative estimate of drug-likeness (QED) is 0.701. The average Bonchev–Trinajstić information content (AvgIpc) is 2.63. The Morgan fingerprint density at radius 2 is 1.80 bits per heavy atom. The van der Waals surface area contributed by atoms with Gasteiger partial charge in [0.2, 0.25) is 5.91 Å². The van der Waals surface area contributed by atoms with Crippen LogP contribution in [0.4, 0.5) is 0 Å². The smallest absolute Gasteiger partial charge is 0.227 e. The van der Waals surface area contributed by atoms with Gasteiger partial charge in [0.15, 0.2) is 0 Å². The molecule has 3 N–H and O–H groups in total. The van der Waals surface area contributed by atoms with Crippen LogP contribution in [0.15, 0.2) is 0 Å². The Hall–Kier alpha value is -0.570. The minimum atomic E-state index is -0.332. The number of nitrogens with one attached hydrogen (secondary N) is 1. The topological polar surface area (TPSA) is 55.1 Å². The van der Waals surface area contributed by atoms with E-state index in [0.29, 0.717) is 12.6 Å². The summed E-state index contributed by atoms with van der Waals surface area (Å²) in [5.41, 5.74) is 5.65. The van der Waals surface area contributed by atoms with Gasteiger partial charge in [-0.2, -0.15) is 0 Å². The van der Waals surface area contributed by atoms with Crippen molar-refractivity contribution in [1.29, 1.82) is 0 Å². The first-order valence-corrected chi connectivity index (χ1v) is 8.59. The Kier molecular flexibility index (Phi) is 7.57. The van der Waals surface area contributed by atoms with E-state index >= 15 is 0 Å². The molecule has 0 aromatic rings. The van der Waals surface area contributed by atoms with E-state index in [2.05, 4.69) is 26.1 Å². The lowest BCUT2D eigenvalue weighted by molar-refractivity contribution is -0.132. The molecule has 2 unspecified atom stereocenters. The van der Waals surface area contributed by atoms with E-state index < -0.39 is 0 Å². The molecule has 0 radical (unpaired) electrons. The zero-order valence-electron chi connectivity index (χ0n) is 13.7. The summed E-state index contributed by atoms with van der Waals surface area (Å²) in [6, 6.07) is 0.368. The second-order valence-electron chi connectivity index (χ2n) is 6.77. The minimum absolute atomic E-state index is 0.211. The van der Waals surface area contributed by atoms with E-state index in [1.807, 2.05) is 0 Å². The molecule has 3 heteroatoms. The summed E-state index contributed by atoms with van der Waals surface area (Å²) in [4.78, 5) is 12.7. The van der Waals surface area contributed by atoms with Crippen molar-refractivity contribution in [1.82, 2.24) is 5.32 Å². The molecule has 0 aliphatic heterocycles. The SMILES string of the molecule is CCCC(CN)(CCC)C(=O)NC1CCCC(C)CC1. The van der Waals surface area contributed by atoms with Crippen LogP contribution in [0, 0.1) is 11.3 Å². The first-order valence-electron chi connectivity index (χ1n) is 8.59. The van der Waals surface area contributed by atoms with Crippen LogP contribution in [-0.4, -0.2) is 18.5 Å². The van der Waals surface area contributed by atoms with Crippen molar-refractivity contribution in [3.8, 4) is 0 Å². The van der Waals surface area contributed by atoms with Gasteiger partial charge < -0.3 is 11.1 Å². The number of carbonyl (C=O) groups is 1. The zero-order valence-corrected chi connectivity index (χ0v) is 13.7. The standard InChI is InChI=1S/C17H34N2O/c1-4-11-17(13-18,12-5-2)16(20)19-15-8-6-7-14(3)9-10-15/h14-15H,4-13,18H2,1-3H3,(H,19,20). The molecule has 1 amide bonds. The van der Waals surface area contributed by atoms with Gasteiger partial charge in [-0.3, -0.25) is 4.79 Å². The molecule has 0 saturated heterocycles. The Bertz CT molecular complexity index is 285. The normalized spacial score (nSPS) is 24.2. The molecule has 0 aromatic heterocycles. The predicted molar refractivity (Wildman–Crippen MR) is 85.5 cm³/mol. The first kappa shape index (κ1) is 17.5. The van der Waals surface area contributed by atoms with Crippen LogP contribution in [0.5, 0.6) is 0 Å². The lowest BCUT2D eigenvalue weighted by Gasteiger charge is -2.32. The zero-order chi connectivity index (χ0) is 15.0. The van der Waals surface area contributed by atoms with Crippen LogP contribution < -0.4 is 11.1 Å². The van der Waals surface area contributed by atoms with E-state index in [-0.39, 0.29) is 11.3 Å². The maximum atomic E-state index is 12.7.